The fraction of sp³-hybridized carbons (Fsp3) is 0.143. The van der Waals surface area contributed by atoms with Crippen molar-refractivity contribution in [1.82, 2.24) is 0 Å². The first-order chi connectivity index (χ1) is 9.61. The Labute approximate surface area is 115 Å². The van der Waals surface area contributed by atoms with E-state index in [0.717, 1.165) is 5.56 Å². The molecule has 0 saturated carbocycles. The van der Waals surface area contributed by atoms with E-state index in [1.807, 2.05) is 0 Å². The first kappa shape index (κ1) is 13.8. The Morgan fingerprint density at radius 2 is 1.80 bits per heavy atom. The third-order valence-electron chi connectivity index (χ3n) is 2.88. The molecule has 2 rings (SSSR count). The zero-order valence-electron chi connectivity index (χ0n) is 10.9. The van der Waals surface area contributed by atoms with Crippen LogP contribution in [0.5, 0.6) is 0 Å². The van der Waals surface area contributed by atoms with Crippen LogP contribution in [-0.4, -0.2) is 12.0 Å². The molecule has 6 heteroatoms. The summed E-state index contributed by atoms with van der Waals surface area (Å²) in [5.41, 5.74) is 1.71. The fourth-order valence-electron chi connectivity index (χ4n) is 1.88. The first-order valence-corrected chi connectivity index (χ1v) is 6.05. The molecule has 0 amide bonds. The fourth-order valence-corrected chi connectivity index (χ4v) is 1.88. The molecular weight excluding hydrogens is 261 g/mol. The van der Waals surface area contributed by atoms with Crippen molar-refractivity contribution in [3.63, 3.8) is 0 Å². The maximum absolute atomic E-state index is 12.8. The molecule has 20 heavy (non-hydrogen) atoms. The summed E-state index contributed by atoms with van der Waals surface area (Å²) in [4.78, 5) is 10.7. The minimum atomic E-state index is -0.432. The van der Waals surface area contributed by atoms with Crippen LogP contribution in [0.25, 0.3) is 0 Å². The van der Waals surface area contributed by atoms with E-state index >= 15 is 0 Å². The van der Waals surface area contributed by atoms with Gasteiger partial charge in [-0.1, -0.05) is 18.2 Å². The van der Waals surface area contributed by atoms with Crippen LogP contribution in [0.4, 0.5) is 21.5 Å². The van der Waals surface area contributed by atoms with Gasteiger partial charge in [-0.3, -0.25) is 10.1 Å². The molecule has 0 bridgehead atoms. The summed E-state index contributed by atoms with van der Waals surface area (Å²) >= 11 is 0. The Kier molecular flexibility index (Phi) is 4.14. The molecule has 5 nitrogen and oxygen atoms in total. The van der Waals surface area contributed by atoms with Gasteiger partial charge in [0.1, 0.15) is 17.2 Å². The van der Waals surface area contributed by atoms with Crippen LogP contribution < -0.4 is 10.6 Å². The lowest BCUT2D eigenvalue weighted by Crippen LogP contribution is -2.05. The van der Waals surface area contributed by atoms with Gasteiger partial charge in [-0.2, -0.15) is 0 Å². The quantitative estimate of drug-likeness (QED) is 0.648. The Bertz CT molecular complexity index is 614. The second-order valence-corrected chi connectivity index (χ2v) is 4.19. The van der Waals surface area contributed by atoms with Crippen molar-refractivity contribution >= 4 is 17.1 Å². The molecule has 0 aliphatic rings. The van der Waals surface area contributed by atoms with Gasteiger partial charge in [-0.05, 0) is 29.8 Å². The van der Waals surface area contributed by atoms with E-state index in [0.29, 0.717) is 17.9 Å². The molecule has 0 aliphatic heterocycles. The number of nitro groups is 1. The predicted octanol–water partition coefficient (Wildman–Crippen LogP) is 3.39. The van der Waals surface area contributed by atoms with E-state index in [2.05, 4.69) is 10.6 Å². The van der Waals surface area contributed by atoms with Crippen LogP contribution in [0, 0.1) is 15.9 Å². The minimum Gasteiger partial charge on any atom is -0.382 e. The Hall–Kier alpha value is -2.63. The molecule has 104 valence electrons. The number of hydrogen-bond donors (Lipinski definition) is 2. The number of halogens is 1. The lowest BCUT2D eigenvalue weighted by Gasteiger charge is -2.10. The third-order valence-corrected chi connectivity index (χ3v) is 2.88. The second kappa shape index (κ2) is 6.01. The number of rotatable bonds is 5. The highest BCUT2D eigenvalue weighted by molar-refractivity contribution is 5.76. The summed E-state index contributed by atoms with van der Waals surface area (Å²) < 4.78 is 12.8. The monoisotopic (exact) mass is 275 g/mol. The van der Waals surface area contributed by atoms with Crippen LogP contribution in [0.15, 0.2) is 42.5 Å². The van der Waals surface area contributed by atoms with Crippen molar-refractivity contribution in [2.75, 3.05) is 17.7 Å². The number of hydrogen-bond acceptors (Lipinski definition) is 4. The summed E-state index contributed by atoms with van der Waals surface area (Å²) in [5, 5.41) is 16.9. The topological polar surface area (TPSA) is 67.2 Å². The lowest BCUT2D eigenvalue weighted by molar-refractivity contribution is -0.383. The van der Waals surface area contributed by atoms with E-state index in [4.69, 9.17) is 0 Å². The molecule has 0 radical (unpaired) electrons. The van der Waals surface area contributed by atoms with Gasteiger partial charge in [0.25, 0.3) is 0 Å². The molecule has 0 spiro atoms. The average Bonchev–Trinajstić information content (AvgIpc) is 2.46. The van der Waals surface area contributed by atoms with Gasteiger partial charge < -0.3 is 10.6 Å². The summed E-state index contributed by atoms with van der Waals surface area (Å²) in [5.74, 6) is -0.308. The maximum atomic E-state index is 12.8. The highest BCUT2D eigenvalue weighted by atomic mass is 19.1. The molecule has 0 fully saturated rings. The molecule has 2 aromatic rings. The van der Waals surface area contributed by atoms with Crippen LogP contribution in [0.2, 0.25) is 0 Å². The Balaban J connectivity index is 2.21. The number of nitro benzene ring substituents is 1. The largest absolute Gasteiger partial charge is 0.382 e. The zero-order valence-corrected chi connectivity index (χ0v) is 10.9. The highest BCUT2D eigenvalue weighted by Crippen LogP contribution is 2.32. The maximum Gasteiger partial charge on any atom is 0.315 e. The standard InChI is InChI=1S/C14H14FN3O2/c1-16-12-3-2-4-13(14(12)18(19)20)17-9-10-5-7-11(15)8-6-10/h2-8,16-17H,9H2,1H3. The summed E-state index contributed by atoms with van der Waals surface area (Å²) in [6.45, 7) is 0.383. The molecular formula is C14H14FN3O2. The molecule has 0 saturated heterocycles. The first-order valence-electron chi connectivity index (χ1n) is 6.05. The van der Waals surface area contributed by atoms with Crippen molar-refractivity contribution in [1.29, 1.82) is 0 Å². The predicted molar refractivity (Wildman–Crippen MR) is 76.4 cm³/mol. The van der Waals surface area contributed by atoms with Crippen LogP contribution >= 0.6 is 0 Å². The van der Waals surface area contributed by atoms with Gasteiger partial charge in [0.05, 0.1) is 4.92 Å². The summed E-state index contributed by atoms with van der Waals surface area (Å²) in [6, 6.07) is 11.0. The van der Waals surface area contributed by atoms with E-state index in [9.17, 15) is 14.5 Å². The van der Waals surface area contributed by atoms with E-state index < -0.39 is 4.92 Å². The van der Waals surface area contributed by atoms with Crippen molar-refractivity contribution in [2.24, 2.45) is 0 Å². The number of benzene rings is 2. The number of para-hydroxylation sites is 1. The highest BCUT2D eigenvalue weighted by Gasteiger charge is 2.18. The molecule has 0 aromatic heterocycles. The molecule has 0 heterocycles. The van der Waals surface area contributed by atoms with E-state index in [1.165, 1.54) is 12.1 Å². The smallest absolute Gasteiger partial charge is 0.315 e. The summed E-state index contributed by atoms with van der Waals surface area (Å²) in [7, 11) is 1.63. The van der Waals surface area contributed by atoms with Crippen molar-refractivity contribution in [2.45, 2.75) is 6.54 Å². The third kappa shape index (κ3) is 3.03. The average molecular weight is 275 g/mol. The van der Waals surface area contributed by atoms with Crippen molar-refractivity contribution in [3.8, 4) is 0 Å². The van der Waals surface area contributed by atoms with Gasteiger partial charge >= 0.3 is 5.69 Å². The van der Waals surface area contributed by atoms with Crippen molar-refractivity contribution < 1.29 is 9.31 Å². The second-order valence-electron chi connectivity index (χ2n) is 4.19. The lowest BCUT2D eigenvalue weighted by atomic mass is 10.2. The van der Waals surface area contributed by atoms with Gasteiger partial charge in [-0.15, -0.1) is 0 Å². The molecule has 0 unspecified atom stereocenters. The van der Waals surface area contributed by atoms with Crippen LogP contribution in [0.3, 0.4) is 0 Å². The minimum absolute atomic E-state index is 0.00267. The summed E-state index contributed by atoms with van der Waals surface area (Å²) in [6.07, 6.45) is 0. The number of nitrogens with one attached hydrogen (secondary N) is 2. The van der Waals surface area contributed by atoms with Gasteiger partial charge in [0.2, 0.25) is 0 Å². The van der Waals surface area contributed by atoms with Gasteiger partial charge in [-0.25, -0.2) is 4.39 Å². The Morgan fingerprint density at radius 1 is 1.15 bits per heavy atom. The Morgan fingerprint density at radius 3 is 2.40 bits per heavy atom. The zero-order chi connectivity index (χ0) is 14.5. The number of nitrogens with zero attached hydrogens (tertiary/aromatic N) is 1. The van der Waals surface area contributed by atoms with Crippen LogP contribution in [0.1, 0.15) is 5.56 Å². The molecule has 0 aliphatic carbocycles. The number of anilines is 2. The SMILES string of the molecule is CNc1cccc(NCc2ccc(F)cc2)c1[N+](=O)[O-]. The van der Waals surface area contributed by atoms with Crippen LogP contribution in [-0.2, 0) is 6.54 Å². The van der Waals surface area contributed by atoms with E-state index in [-0.39, 0.29) is 11.5 Å². The van der Waals surface area contributed by atoms with Crippen molar-refractivity contribution in [3.05, 3.63) is 64.0 Å². The molecule has 2 N–H and O–H groups in total. The normalized spacial score (nSPS) is 10.1. The van der Waals surface area contributed by atoms with Gasteiger partial charge in [0, 0.05) is 13.6 Å². The molecule has 2 aromatic carbocycles. The van der Waals surface area contributed by atoms with Gasteiger partial charge in [0.15, 0.2) is 0 Å². The van der Waals surface area contributed by atoms with E-state index in [1.54, 1.807) is 37.4 Å². The molecule has 0 atom stereocenters.